The first kappa shape index (κ1) is 28.0. The van der Waals surface area contributed by atoms with E-state index in [1.807, 2.05) is 0 Å². The van der Waals surface area contributed by atoms with Crippen LogP contribution in [0.1, 0.15) is 52.9 Å². The third-order valence-corrected chi connectivity index (χ3v) is 6.15. The van der Waals surface area contributed by atoms with E-state index in [1.54, 1.807) is 23.5 Å². The van der Waals surface area contributed by atoms with Crippen LogP contribution in [0.5, 0.6) is 0 Å². The molecule has 0 aromatic heterocycles. The number of alkyl carbamates (subject to hydrolysis) is 2. The lowest BCUT2D eigenvalue weighted by atomic mass is 10.1. The second kappa shape index (κ2) is 20.3. The number of carbonyl (C=O) groups is 2. The molecule has 0 aromatic rings. The predicted molar refractivity (Wildman–Crippen MR) is 126 cm³/mol. The number of ether oxygens (including phenoxy) is 2. The molecular weight excluding hydrogens is 408 g/mol. The summed E-state index contributed by atoms with van der Waals surface area (Å²) >= 11 is 3.51. The van der Waals surface area contributed by atoms with Crippen molar-refractivity contribution in [1.29, 1.82) is 0 Å². The fourth-order valence-electron chi connectivity index (χ4n) is 2.22. The normalized spacial score (nSPS) is 10.6. The first-order valence-electron chi connectivity index (χ1n) is 10.6. The summed E-state index contributed by atoms with van der Waals surface area (Å²) in [6.07, 6.45) is 4.26. The van der Waals surface area contributed by atoms with Gasteiger partial charge in [-0.2, -0.15) is 23.5 Å². The minimum atomic E-state index is -0.346. The molecule has 8 heteroatoms. The summed E-state index contributed by atoms with van der Waals surface area (Å²) in [7, 11) is 0. The number of rotatable bonds is 18. The van der Waals surface area contributed by atoms with E-state index in [0.29, 0.717) is 32.2 Å². The fourth-order valence-corrected chi connectivity index (χ4v) is 3.97. The Morgan fingerprint density at radius 3 is 1.90 bits per heavy atom. The highest BCUT2D eigenvalue weighted by Gasteiger charge is 2.03. The number of hydrogen-bond donors (Lipinski definition) is 2. The van der Waals surface area contributed by atoms with Gasteiger partial charge in [0, 0.05) is 36.1 Å². The zero-order valence-corrected chi connectivity index (χ0v) is 20.1. The lowest BCUT2D eigenvalue weighted by Gasteiger charge is -2.08. The van der Waals surface area contributed by atoms with Crippen LogP contribution in [0.15, 0.2) is 12.2 Å². The zero-order valence-electron chi connectivity index (χ0n) is 18.4. The molecule has 0 unspecified atom stereocenters. The molecule has 0 aromatic carbocycles. The van der Waals surface area contributed by atoms with E-state index in [1.165, 1.54) is 5.57 Å². The van der Waals surface area contributed by atoms with E-state index in [4.69, 9.17) is 9.47 Å². The maximum absolute atomic E-state index is 11.5. The van der Waals surface area contributed by atoms with Gasteiger partial charge in [0.2, 0.25) is 0 Å². The molecule has 6 nitrogen and oxygen atoms in total. The van der Waals surface area contributed by atoms with Crippen molar-refractivity contribution < 1.29 is 19.1 Å². The van der Waals surface area contributed by atoms with Gasteiger partial charge in [0.15, 0.2) is 0 Å². The molecule has 0 saturated heterocycles. The quantitative estimate of drug-likeness (QED) is 0.225. The average molecular weight is 449 g/mol. The van der Waals surface area contributed by atoms with Crippen LogP contribution in [0.3, 0.4) is 0 Å². The highest BCUT2D eigenvalue weighted by molar-refractivity contribution is 8.02. The number of carbonyl (C=O) groups excluding carboxylic acids is 2. The van der Waals surface area contributed by atoms with E-state index < -0.39 is 0 Å². The van der Waals surface area contributed by atoms with Gasteiger partial charge < -0.3 is 20.1 Å². The highest BCUT2D eigenvalue weighted by atomic mass is 32.2. The van der Waals surface area contributed by atoms with Crippen LogP contribution in [0.25, 0.3) is 0 Å². The molecule has 0 aliphatic rings. The van der Waals surface area contributed by atoms with E-state index in [0.717, 1.165) is 55.1 Å². The summed E-state index contributed by atoms with van der Waals surface area (Å²) in [5, 5.41) is 5.53. The molecule has 0 atom stereocenters. The summed E-state index contributed by atoms with van der Waals surface area (Å²) in [5.74, 6) is 4.21. The molecule has 2 amide bonds. The van der Waals surface area contributed by atoms with Crippen molar-refractivity contribution >= 4 is 35.7 Å². The second-order valence-corrected chi connectivity index (χ2v) is 9.54. The molecule has 0 aliphatic carbocycles. The van der Waals surface area contributed by atoms with E-state index in [9.17, 15) is 9.59 Å². The van der Waals surface area contributed by atoms with Crippen LogP contribution in [-0.4, -0.2) is 61.5 Å². The van der Waals surface area contributed by atoms with Gasteiger partial charge in [0.05, 0.1) is 0 Å². The molecule has 0 radical (unpaired) electrons. The van der Waals surface area contributed by atoms with Gasteiger partial charge >= 0.3 is 12.2 Å². The Morgan fingerprint density at radius 2 is 1.41 bits per heavy atom. The topological polar surface area (TPSA) is 76.7 Å². The minimum Gasteiger partial charge on any atom is -0.449 e. The van der Waals surface area contributed by atoms with Gasteiger partial charge in [-0.3, -0.25) is 0 Å². The van der Waals surface area contributed by atoms with Crippen molar-refractivity contribution in [2.45, 2.75) is 52.9 Å². The Morgan fingerprint density at radius 1 is 0.897 bits per heavy atom. The van der Waals surface area contributed by atoms with Crippen LogP contribution in [0.2, 0.25) is 0 Å². The molecule has 0 rings (SSSR count). The molecule has 0 heterocycles. The van der Waals surface area contributed by atoms with Crippen molar-refractivity contribution in [3.05, 3.63) is 12.2 Å². The fraction of sp³-hybridized carbons (Fsp3) is 0.810. The number of nitrogens with one attached hydrogen (secondary N) is 2. The molecule has 170 valence electrons. The van der Waals surface area contributed by atoms with Crippen LogP contribution >= 0.6 is 23.5 Å². The third kappa shape index (κ3) is 21.5. The smallest absolute Gasteiger partial charge is 0.407 e. The summed E-state index contributed by atoms with van der Waals surface area (Å²) in [6.45, 7) is 12.5. The largest absolute Gasteiger partial charge is 0.449 e. The first-order valence-corrected chi connectivity index (χ1v) is 12.9. The predicted octanol–water partition coefficient (Wildman–Crippen LogP) is 5.09. The minimum absolute atomic E-state index is 0.325. The lowest BCUT2D eigenvalue weighted by Crippen LogP contribution is -2.26. The Labute approximate surface area is 185 Å². The Kier molecular flexibility index (Phi) is 19.5. The lowest BCUT2D eigenvalue weighted by molar-refractivity contribution is 0.152. The summed E-state index contributed by atoms with van der Waals surface area (Å²) < 4.78 is 10.3. The van der Waals surface area contributed by atoms with Crippen molar-refractivity contribution in [2.75, 3.05) is 49.3 Å². The molecule has 0 bridgehead atoms. The molecule has 29 heavy (non-hydrogen) atoms. The second-order valence-electron chi connectivity index (χ2n) is 7.09. The first-order chi connectivity index (χ1) is 14.0. The van der Waals surface area contributed by atoms with Gasteiger partial charge in [-0.05, 0) is 38.0 Å². The van der Waals surface area contributed by atoms with Crippen LogP contribution in [0, 0.1) is 5.92 Å². The summed E-state index contributed by atoms with van der Waals surface area (Å²) in [5.41, 5.74) is 1.21. The summed E-state index contributed by atoms with van der Waals surface area (Å²) in [4.78, 5) is 23.0. The van der Waals surface area contributed by atoms with Crippen molar-refractivity contribution in [3.63, 3.8) is 0 Å². The monoisotopic (exact) mass is 448 g/mol. The van der Waals surface area contributed by atoms with Crippen LogP contribution in [0.4, 0.5) is 9.59 Å². The third-order valence-electron chi connectivity index (χ3n) is 4.00. The maximum Gasteiger partial charge on any atom is 0.407 e. The van der Waals surface area contributed by atoms with Gasteiger partial charge in [-0.25, -0.2) is 9.59 Å². The van der Waals surface area contributed by atoms with Crippen LogP contribution < -0.4 is 10.6 Å². The number of hydrogen-bond acceptors (Lipinski definition) is 6. The molecule has 0 spiro atoms. The van der Waals surface area contributed by atoms with E-state index in [-0.39, 0.29) is 12.2 Å². The molecule has 0 aliphatic heterocycles. The standard InChI is InChI=1S/C21H40N2O4S2/c1-5-19(4)9-7-11-23-21(25)27-13-15-29-17-16-28-14-12-26-20(24)22-10-6-8-18(2)3/h18H,4-17H2,1-3H3,(H,22,24)(H,23,25). The van der Waals surface area contributed by atoms with Gasteiger partial charge in [-0.15, -0.1) is 0 Å². The summed E-state index contributed by atoms with van der Waals surface area (Å²) in [6, 6.07) is 0. The number of amides is 2. The maximum atomic E-state index is 11.5. The van der Waals surface area contributed by atoms with Gasteiger partial charge in [0.1, 0.15) is 13.2 Å². The highest BCUT2D eigenvalue weighted by Crippen LogP contribution is 2.07. The SMILES string of the molecule is C=C(CC)CCCNC(=O)OCCSCCSCCOC(=O)NCCCC(C)C. The van der Waals surface area contributed by atoms with E-state index >= 15 is 0 Å². The number of thioether (sulfide) groups is 2. The Bertz CT molecular complexity index is 448. The molecule has 0 fully saturated rings. The van der Waals surface area contributed by atoms with Crippen LogP contribution in [-0.2, 0) is 9.47 Å². The average Bonchev–Trinajstić information content (AvgIpc) is 2.69. The van der Waals surface area contributed by atoms with Crippen molar-refractivity contribution in [3.8, 4) is 0 Å². The van der Waals surface area contributed by atoms with Gasteiger partial charge in [0.25, 0.3) is 0 Å². The Hall–Kier alpha value is -1.02. The zero-order chi connectivity index (χ0) is 21.7. The van der Waals surface area contributed by atoms with Gasteiger partial charge in [-0.1, -0.05) is 32.9 Å². The van der Waals surface area contributed by atoms with E-state index in [2.05, 4.69) is 38.0 Å². The van der Waals surface area contributed by atoms with Crippen molar-refractivity contribution in [1.82, 2.24) is 10.6 Å². The van der Waals surface area contributed by atoms with Crippen molar-refractivity contribution in [2.24, 2.45) is 5.92 Å². The molecular formula is C21H40N2O4S2. The Balaban J connectivity index is 3.29. The number of allylic oxidation sites excluding steroid dienone is 1. The molecule has 2 N–H and O–H groups in total. The molecule has 0 saturated carbocycles.